The topological polar surface area (TPSA) is 38.4 Å². The Morgan fingerprint density at radius 1 is 1.08 bits per heavy atom. The number of fused-ring (bicyclic) bond motifs is 1. The molecule has 0 saturated carbocycles. The molecule has 2 heterocycles. The van der Waals surface area contributed by atoms with E-state index in [9.17, 15) is 4.79 Å². The summed E-state index contributed by atoms with van der Waals surface area (Å²) in [7, 11) is 0. The Hall–Kier alpha value is -1.55. The van der Waals surface area contributed by atoms with E-state index < -0.39 is 0 Å². The molecular weight excluding hydrogens is 300 g/mol. The third-order valence-electron chi connectivity index (χ3n) is 5.35. The normalized spacial score (nSPS) is 16.9. The second kappa shape index (κ2) is 8.52. The van der Waals surface area contributed by atoms with Crippen LogP contribution in [0, 0.1) is 5.92 Å². The molecular formula is C20H30N2O2. The summed E-state index contributed by atoms with van der Waals surface area (Å²) in [6, 6.07) is 7.67. The van der Waals surface area contributed by atoms with Gasteiger partial charge in [0.1, 0.15) is 0 Å². The van der Waals surface area contributed by atoms with Crippen LogP contribution >= 0.6 is 0 Å². The van der Waals surface area contributed by atoms with Gasteiger partial charge in [0, 0.05) is 6.54 Å². The lowest BCUT2D eigenvalue weighted by Crippen LogP contribution is -2.34. The van der Waals surface area contributed by atoms with Crippen LogP contribution in [0.5, 0.6) is 0 Å². The zero-order valence-corrected chi connectivity index (χ0v) is 14.9. The third kappa shape index (κ3) is 4.29. The van der Waals surface area contributed by atoms with Crippen LogP contribution in [0.15, 0.2) is 33.5 Å². The summed E-state index contributed by atoms with van der Waals surface area (Å²) in [6.45, 7) is 6.70. The molecule has 0 unspecified atom stereocenters. The molecule has 4 nitrogen and oxygen atoms in total. The first-order chi connectivity index (χ1) is 11.8. The lowest BCUT2D eigenvalue weighted by atomic mass is 9.91. The van der Waals surface area contributed by atoms with Crippen LogP contribution in [0.3, 0.4) is 0 Å². The molecule has 0 radical (unpaired) electrons. The number of para-hydroxylation sites is 2. The maximum Gasteiger partial charge on any atom is 0.419 e. The summed E-state index contributed by atoms with van der Waals surface area (Å²) in [6.07, 6.45) is 9.03. The first kappa shape index (κ1) is 17.3. The van der Waals surface area contributed by atoms with E-state index in [1.807, 2.05) is 24.3 Å². The number of likely N-dealkylation sites (tertiary alicyclic amines) is 1. The van der Waals surface area contributed by atoms with Gasteiger partial charge in [-0.15, -0.1) is 0 Å². The van der Waals surface area contributed by atoms with Crippen LogP contribution in [0.25, 0.3) is 11.1 Å². The Morgan fingerprint density at radius 3 is 2.62 bits per heavy atom. The first-order valence-electron chi connectivity index (χ1n) is 9.58. The van der Waals surface area contributed by atoms with Gasteiger partial charge in [0.2, 0.25) is 0 Å². The number of piperidine rings is 1. The summed E-state index contributed by atoms with van der Waals surface area (Å²) in [5.74, 6) is 0.727. The van der Waals surface area contributed by atoms with Crippen molar-refractivity contribution >= 4 is 11.1 Å². The largest absolute Gasteiger partial charge is 0.419 e. The molecule has 1 fully saturated rings. The molecule has 0 spiro atoms. The zero-order valence-electron chi connectivity index (χ0n) is 14.9. The monoisotopic (exact) mass is 330 g/mol. The molecule has 0 amide bonds. The highest BCUT2D eigenvalue weighted by atomic mass is 16.4. The third-order valence-corrected chi connectivity index (χ3v) is 5.35. The molecule has 0 N–H and O–H groups in total. The highest BCUT2D eigenvalue weighted by molar-refractivity contribution is 5.72. The Labute approximate surface area is 144 Å². The van der Waals surface area contributed by atoms with Crippen LogP contribution < -0.4 is 5.76 Å². The van der Waals surface area contributed by atoms with E-state index in [2.05, 4.69) is 11.8 Å². The fourth-order valence-corrected chi connectivity index (χ4v) is 3.82. The predicted octanol–water partition coefficient (Wildman–Crippen LogP) is 4.28. The van der Waals surface area contributed by atoms with Crippen LogP contribution in [0.1, 0.15) is 51.9 Å². The Kier molecular flexibility index (Phi) is 6.13. The molecule has 3 rings (SSSR count). The average Bonchev–Trinajstić information content (AvgIpc) is 2.93. The van der Waals surface area contributed by atoms with Crippen molar-refractivity contribution in [3.05, 3.63) is 34.8 Å². The number of unbranched alkanes of at least 4 members (excludes halogenated alkanes) is 2. The number of rotatable bonds is 8. The van der Waals surface area contributed by atoms with E-state index >= 15 is 0 Å². The van der Waals surface area contributed by atoms with E-state index in [4.69, 9.17) is 4.42 Å². The Morgan fingerprint density at radius 2 is 1.83 bits per heavy atom. The summed E-state index contributed by atoms with van der Waals surface area (Å²) >= 11 is 0. The molecule has 1 aromatic heterocycles. The maximum absolute atomic E-state index is 11.9. The van der Waals surface area contributed by atoms with Crippen molar-refractivity contribution in [3.8, 4) is 0 Å². The van der Waals surface area contributed by atoms with Gasteiger partial charge < -0.3 is 9.32 Å². The van der Waals surface area contributed by atoms with Crippen LogP contribution in [-0.4, -0.2) is 29.1 Å². The van der Waals surface area contributed by atoms with E-state index in [1.54, 1.807) is 4.57 Å². The summed E-state index contributed by atoms with van der Waals surface area (Å²) in [5, 5.41) is 0. The van der Waals surface area contributed by atoms with Crippen molar-refractivity contribution in [2.45, 2.75) is 58.4 Å². The second-order valence-corrected chi connectivity index (χ2v) is 7.12. The van der Waals surface area contributed by atoms with Crippen molar-refractivity contribution in [1.29, 1.82) is 0 Å². The maximum atomic E-state index is 11.9. The van der Waals surface area contributed by atoms with E-state index in [0.29, 0.717) is 5.58 Å². The fraction of sp³-hybridized carbons (Fsp3) is 0.650. The molecule has 1 aromatic carbocycles. The molecule has 0 atom stereocenters. The minimum absolute atomic E-state index is 0.229. The number of benzene rings is 1. The zero-order chi connectivity index (χ0) is 16.8. The number of hydrogen-bond donors (Lipinski definition) is 0. The van der Waals surface area contributed by atoms with Gasteiger partial charge in [-0.2, -0.15) is 0 Å². The number of hydrogen-bond acceptors (Lipinski definition) is 3. The summed E-state index contributed by atoms with van der Waals surface area (Å²) in [4.78, 5) is 14.5. The van der Waals surface area contributed by atoms with Gasteiger partial charge in [-0.25, -0.2) is 4.79 Å². The Bertz CT molecular complexity index is 680. The number of oxazole rings is 1. The fourth-order valence-electron chi connectivity index (χ4n) is 3.82. The lowest BCUT2D eigenvalue weighted by Gasteiger charge is -2.32. The van der Waals surface area contributed by atoms with Crippen molar-refractivity contribution in [3.63, 3.8) is 0 Å². The van der Waals surface area contributed by atoms with E-state index in [-0.39, 0.29) is 5.76 Å². The lowest BCUT2D eigenvalue weighted by molar-refractivity contribution is 0.174. The number of nitrogens with zero attached hydrogens (tertiary/aromatic N) is 2. The molecule has 4 heteroatoms. The van der Waals surface area contributed by atoms with Gasteiger partial charge in [0.05, 0.1) is 5.52 Å². The highest BCUT2D eigenvalue weighted by Crippen LogP contribution is 2.22. The summed E-state index contributed by atoms with van der Waals surface area (Å²) in [5.41, 5.74) is 1.61. The number of aromatic nitrogens is 1. The van der Waals surface area contributed by atoms with Gasteiger partial charge in [-0.1, -0.05) is 38.3 Å². The number of aryl methyl sites for hydroxylation is 1. The average molecular weight is 330 g/mol. The van der Waals surface area contributed by atoms with Crippen molar-refractivity contribution < 1.29 is 4.42 Å². The first-order valence-corrected chi connectivity index (χ1v) is 9.58. The molecule has 1 aliphatic heterocycles. The standard InChI is InChI=1S/C20H30N2O2/c1-2-3-8-17-11-15-21(16-12-17)13-6-7-14-22-18-9-4-5-10-19(18)24-20(22)23/h4-5,9-10,17H,2-3,6-8,11-16H2,1H3. The SMILES string of the molecule is CCCCC1CCN(CCCCn2c(=O)oc3ccccc32)CC1. The smallest absolute Gasteiger partial charge is 0.408 e. The van der Waals surface area contributed by atoms with Crippen LogP contribution in [-0.2, 0) is 6.54 Å². The quantitative estimate of drug-likeness (QED) is 0.678. The summed E-state index contributed by atoms with van der Waals surface area (Å²) < 4.78 is 7.06. The van der Waals surface area contributed by atoms with Gasteiger partial charge >= 0.3 is 5.76 Å². The molecule has 2 aromatic rings. The van der Waals surface area contributed by atoms with Gasteiger partial charge in [-0.05, 0) is 63.4 Å². The van der Waals surface area contributed by atoms with Crippen LogP contribution in [0.2, 0.25) is 0 Å². The van der Waals surface area contributed by atoms with Gasteiger partial charge in [-0.3, -0.25) is 4.57 Å². The molecule has 24 heavy (non-hydrogen) atoms. The minimum Gasteiger partial charge on any atom is -0.408 e. The molecule has 1 aliphatic rings. The highest BCUT2D eigenvalue weighted by Gasteiger charge is 2.18. The van der Waals surface area contributed by atoms with Crippen molar-refractivity contribution in [2.75, 3.05) is 19.6 Å². The van der Waals surface area contributed by atoms with Crippen LogP contribution in [0.4, 0.5) is 0 Å². The van der Waals surface area contributed by atoms with Crippen molar-refractivity contribution in [1.82, 2.24) is 9.47 Å². The van der Waals surface area contributed by atoms with Crippen molar-refractivity contribution in [2.24, 2.45) is 5.92 Å². The minimum atomic E-state index is -0.229. The second-order valence-electron chi connectivity index (χ2n) is 7.12. The van der Waals surface area contributed by atoms with E-state index in [0.717, 1.165) is 37.4 Å². The Balaban J connectivity index is 1.40. The molecule has 132 valence electrons. The predicted molar refractivity (Wildman–Crippen MR) is 98.4 cm³/mol. The van der Waals surface area contributed by atoms with Gasteiger partial charge in [0.15, 0.2) is 5.58 Å². The van der Waals surface area contributed by atoms with E-state index in [1.165, 1.54) is 45.2 Å². The molecule has 0 aliphatic carbocycles. The molecule has 1 saturated heterocycles. The van der Waals surface area contributed by atoms with Gasteiger partial charge in [0.25, 0.3) is 0 Å². The molecule has 0 bridgehead atoms.